The van der Waals surface area contributed by atoms with E-state index in [1.54, 1.807) is 55.5 Å². The summed E-state index contributed by atoms with van der Waals surface area (Å²) >= 11 is 1.17. The van der Waals surface area contributed by atoms with Gasteiger partial charge in [0.2, 0.25) is 5.91 Å². The highest BCUT2D eigenvalue weighted by atomic mass is 32.2. The average molecular weight is 408 g/mol. The van der Waals surface area contributed by atoms with Crippen LogP contribution in [0.1, 0.15) is 18.9 Å². The van der Waals surface area contributed by atoms with E-state index in [0.717, 1.165) is 0 Å². The third kappa shape index (κ3) is 4.65. The van der Waals surface area contributed by atoms with Gasteiger partial charge in [-0.15, -0.1) is 0 Å². The molecule has 0 saturated carbocycles. The maximum atomic E-state index is 12.9. The Bertz CT molecular complexity index is 1140. The lowest BCUT2D eigenvalue weighted by atomic mass is 10.2. The molecule has 7 nitrogen and oxygen atoms in total. The molecule has 0 radical (unpaired) electrons. The van der Waals surface area contributed by atoms with Crippen LogP contribution in [0.4, 0.5) is 5.69 Å². The minimum atomic E-state index is -0.560. The van der Waals surface area contributed by atoms with Crippen LogP contribution < -0.4 is 10.9 Å². The first-order valence-corrected chi connectivity index (χ1v) is 10.00. The second-order valence-corrected chi connectivity index (χ2v) is 7.66. The molecule has 2 aromatic carbocycles. The predicted octanol–water partition coefficient (Wildman–Crippen LogP) is 2.77. The summed E-state index contributed by atoms with van der Waals surface area (Å²) in [5.41, 5.74) is 1.18. The summed E-state index contributed by atoms with van der Waals surface area (Å²) in [5, 5.41) is 21.5. The fourth-order valence-electron chi connectivity index (χ4n) is 2.80. The largest absolute Gasteiger partial charge is 0.396 e. The summed E-state index contributed by atoms with van der Waals surface area (Å²) in [6, 6.07) is 15.9. The van der Waals surface area contributed by atoms with E-state index in [0.29, 0.717) is 40.3 Å². The molecule has 2 N–H and O–H groups in total. The molecule has 0 saturated heterocycles. The molecule has 29 heavy (non-hydrogen) atoms. The number of benzene rings is 2. The number of anilines is 1. The Morgan fingerprint density at radius 1 is 1.28 bits per heavy atom. The van der Waals surface area contributed by atoms with Gasteiger partial charge >= 0.3 is 0 Å². The van der Waals surface area contributed by atoms with E-state index in [1.165, 1.54) is 16.3 Å². The number of nitrogens with one attached hydrogen (secondary N) is 1. The first-order chi connectivity index (χ1) is 14.0. The Kier molecular flexibility index (Phi) is 6.65. The smallest absolute Gasteiger partial charge is 0.262 e. The van der Waals surface area contributed by atoms with Gasteiger partial charge in [0.1, 0.15) is 6.07 Å². The maximum Gasteiger partial charge on any atom is 0.262 e. The predicted molar refractivity (Wildman–Crippen MR) is 113 cm³/mol. The van der Waals surface area contributed by atoms with Gasteiger partial charge in [0.25, 0.3) is 5.56 Å². The van der Waals surface area contributed by atoms with Crippen molar-refractivity contribution in [2.75, 3.05) is 11.9 Å². The van der Waals surface area contributed by atoms with Gasteiger partial charge in [-0.2, -0.15) is 5.26 Å². The van der Waals surface area contributed by atoms with Crippen molar-refractivity contribution in [3.63, 3.8) is 0 Å². The molecule has 1 heterocycles. The van der Waals surface area contributed by atoms with Crippen LogP contribution >= 0.6 is 11.8 Å². The summed E-state index contributed by atoms with van der Waals surface area (Å²) in [6.45, 7) is 1.97. The Morgan fingerprint density at radius 2 is 2.00 bits per heavy atom. The summed E-state index contributed by atoms with van der Waals surface area (Å²) in [6.07, 6.45) is 0.406. The Balaban J connectivity index is 1.89. The number of para-hydroxylation sites is 2. The van der Waals surface area contributed by atoms with Crippen LogP contribution in [0, 0.1) is 11.3 Å². The second kappa shape index (κ2) is 9.37. The van der Waals surface area contributed by atoms with Crippen LogP contribution in [0.3, 0.4) is 0 Å². The van der Waals surface area contributed by atoms with Crippen LogP contribution in [0.5, 0.6) is 0 Å². The number of carbonyl (C=O) groups is 1. The number of hydrogen-bond acceptors (Lipinski definition) is 6. The molecular formula is C21H20N4O3S. The van der Waals surface area contributed by atoms with Crippen molar-refractivity contribution in [3.05, 3.63) is 64.4 Å². The van der Waals surface area contributed by atoms with Crippen LogP contribution in [0.15, 0.2) is 58.5 Å². The molecule has 148 valence electrons. The molecule has 1 atom stereocenters. The normalized spacial score (nSPS) is 11.8. The minimum absolute atomic E-state index is 0.0512. The molecule has 3 rings (SSSR count). The SMILES string of the molecule is C[C@@H](Sc1nc2ccccc2c(=O)n1CCCO)C(=O)Nc1ccccc1C#N. The molecule has 0 spiro atoms. The first kappa shape index (κ1) is 20.6. The van der Waals surface area contributed by atoms with Crippen molar-refractivity contribution in [2.45, 2.75) is 30.3 Å². The van der Waals surface area contributed by atoms with Gasteiger partial charge in [-0.3, -0.25) is 14.2 Å². The number of aromatic nitrogens is 2. The molecular weight excluding hydrogens is 388 g/mol. The molecule has 3 aromatic rings. The number of nitriles is 1. The summed E-state index contributed by atoms with van der Waals surface area (Å²) in [4.78, 5) is 30.1. The van der Waals surface area contributed by atoms with E-state index in [1.807, 2.05) is 6.07 Å². The zero-order chi connectivity index (χ0) is 20.8. The number of fused-ring (bicyclic) bond motifs is 1. The number of rotatable bonds is 7. The third-order valence-electron chi connectivity index (χ3n) is 4.32. The Morgan fingerprint density at radius 3 is 2.76 bits per heavy atom. The highest BCUT2D eigenvalue weighted by Crippen LogP contribution is 2.24. The summed E-state index contributed by atoms with van der Waals surface area (Å²) in [7, 11) is 0. The number of aliphatic hydroxyl groups is 1. The highest BCUT2D eigenvalue weighted by molar-refractivity contribution is 8.00. The number of hydrogen-bond donors (Lipinski definition) is 2. The quantitative estimate of drug-likeness (QED) is 0.460. The molecule has 0 aliphatic heterocycles. The summed E-state index contributed by atoms with van der Waals surface area (Å²) < 4.78 is 1.50. The van der Waals surface area contributed by atoms with Crippen LogP contribution in [-0.4, -0.2) is 32.4 Å². The zero-order valence-corrected chi connectivity index (χ0v) is 16.6. The van der Waals surface area contributed by atoms with Crippen LogP contribution in [-0.2, 0) is 11.3 Å². The highest BCUT2D eigenvalue weighted by Gasteiger charge is 2.20. The molecule has 0 aliphatic carbocycles. The topological polar surface area (TPSA) is 108 Å². The summed E-state index contributed by atoms with van der Waals surface area (Å²) in [5.74, 6) is -0.297. The van der Waals surface area contributed by atoms with Crippen molar-refractivity contribution >= 4 is 34.3 Å². The molecule has 0 bridgehead atoms. The van der Waals surface area contributed by atoms with Crippen LogP contribution in [0.25, 0.3) is 10.9 Å². The number of aliphatic hydroxyl groups excluding tert-OH is 1. The van der Waals surface area contributed by atoms with Crippen LogP contribution in [0.2, 0.25) is 0 Å². The van der Waals surface area contributed by atoms with Gasteiger partial charge in [0.05, 0.1) is 27.4 Å². The van der Waals surface area contributed by atoms with E-state index in [2.05, 4.69) is 10.3 Å². The molecule has 1 aromatic heterocycles. The van der Waals surface area contributed by atoms with Gasteiger partial charge in [0.15, 0.2) is 5.16 Å². The number of thioether (sulfide) groups is 1. The monoisotopic (exact) mass is 408 g/mol. The van der Waals surface area contributed by atoms with Crippen molar-refractivity contribution in [2.24, 2.45) is 0 Å². The van der Waals surface area contributed by atoms with Crippen molar-refractivity contribution in [3.8, 4) is 6.07 Å². The third-order valence-corrected chi connectivity index (χ3v) is 5.41. The van der Waals surface area contributed by atoms with Gasteiger partial charge in [-0.05, 0) is 37.6 Å². The fraction of sp³-hybridized carbons (Fsp3) is 0.238. The minimum Gasteiger partial charge on any atom is -0.396 e. The van der Waals surface area contributed by atoms with E-state index in [-0.39, 0.29) is 18.1 Å². The number of carbonyl (C=O) groups excluding carboxylic acids is 1. The van der Waals surface area contributed by atoms with Gasteiger partial charge < -0.3 is 10.4 Å². The Hall–Kier alpha value is -3.15. The first-order valence-electron chi connectivity index (χ1n) is 9.12. The lowest BCUT2D eigenvalue weighted by molar-refractivity contribution is -0.115. The van der Waals surface area contributed by atoms with E-state index in [9.17, 15) is 20.0 Å². The zero-order valence-electron chi connectivity index (χ0n) is 15.8. The van der Waals surface area contributed by atoms with Crippen molar-refractivity contribution in [1.29, 1.82) is 5.26 Å². The van der Waals surface area contributed by atoms with Gasteiger partial charge in [-0.1, -0.05) is 36.0 Å². The standard InChI is InChI=1S/C21H20N4O3S/c1-14(19(27)23-17-9-4-2-7-15(17)13-22)29-21-24-18-10-5-3-8-16(18)20(28)25(21)11-6-12-26/h2-5,7-10,14,26H,6,11-12H2,1H3,(H,23,27)/t14-/m1/s1. The molecule has 0 fully saturated rings. The van der Waals surface area contributed by atoms with E-state index < -0.39 is 5.25 Å². The van der Waals surface area contributed by atoms with E-state index in [4.69, 9.17) is 0 Å². The fourth-order valence-corrected chi connectivity index (χ4v) is 3.73. The lowest BCUT2D eigenvalue weighted by Crippen LogP contribution is -2.27. The van der Waals surface area contributed by atoms with Crippen molar-refractivity contribution in [1.82, 2.24) is 9.55 Å². The van der Waals surface area contributed by atoms with Gasteiger partial charge in [-0.25, -0.2) is 4.98 Å². The second-order valence-electron chi connectivity index (χ2n) is 6.35. The van der Waals surface area contributed by atoms with Crippen molar-refractivity contribution < 1.29 is 9.90 Å². The number of amides is 1. The molecule has 0 aliphatic rings. The average Bonchev–Trinajstić information content (AvgIpc) is 2.74. The number of nitrogens with zero attached hydrogens (tertiary/aromatic N) is 3. The molecule has 8 heteroatoms. The molecule has 0 unspecified atom stereocenters. The maximum absolute atomic E-state index is 12.9. The Labute approximate surface area is 172 Å². The van der Waals surface area contributed by atoms with Gasteiger partial charge in [0, 0.05) is 13.2 Å². The lowest BCUT2D eigenvalue weighted by Gasteiger charge is -2.16. The van der Waals surface area contributed by atoms with E-state index >= 15 is 0 Å². The molecule has 1 amide bonds.